The molecule has 0 unspecified atom stereocenters. The van der Waals surface area contributed by atoms with E-state index < -0.39 is 4.92 Å². The smallest absolute Gasteiger partial charge is 0.319 e. The van der Waals surface area contributed by atoms with Crippen LogP contribution in [-0.2, 0) is 0 Å². The van der Waals surface area contributed by atoms with E-state index in [1.54, 1.807) is 35.7 Å². The van der Waals surface area contributed by atoms with E-state index in [9.17, 15) is 10.1 Å². The van der Waals surface area contributed by atoms with Gasteiger partial charge in [0.15, 0.2) is 0 Å². The minimum Gasteiger partial charge on any atom is -0.450 e. The second-order valence-electron chi connectivity index (χ2n) is 3.43. The first-order chi connectivity index (χ1) is 8.70. The predicted octanol–water partition coefficient (Wildman–Crippen LogP) is 3.54. The van der Waals surface area contributed by atoms with Crippen LogP contribution in [0.5, 0.6) is 11.5 Å². The van der Waals surface area contributed by atoms with Gasteiger partial charge >= 0.3 is 5.69 Å². The van der Waals surface area contributed by atoms with E-state index in [4.69, 9.17) is 17.0 Å². The second-order valence-corrected chi connectivity index (χ2v) is 3.66. The maximum Gasteiger partial charge on any atom is 0.319 e. The van der Waals surface area contributed by atoms with E-state index >= 15 is 0 Å². The van der Waals surface area contributed by atoms with Crippen LogP contribution in [0.1, 0.15) is 5.56 Å². The summed E-state index contributed by atoms with van der Waals surface area (Å²) in [6.07, 6.45) is 0. The molecule has 0 saturated carbocycles. The summed E-state index contributed by atoms with van der Waals surface area (Å²) >= 11 is 4.79. The minimum absolute atomic E-state index is 0.164. The summed E-state index contributed by atoms with van der Waals surface area (Å²) in [5.74, 6) is 0.677. The quantitative estimate of drug-likeness (QED) is 0.478. The Morgan fingerprint density at radius 3 is 2.61 bits per heavy atom. The monoisotopic (exact) mass is 258 g/mol. The average molecular weight is 258 g/mol. The number of nitro groups is 1. The van der Waals surface area contributed by atoms with E-state index in [0.717, 1.165) is 5.56 Å². The average Bonchev–Trinajstić information content (AvgIpc) is 2.40. The number of nitrogens with zero attached hydrogens (tertiary/aromatic N) is 1. The van der Waals surface area contributed by atoms with Gasteiger partial charge in [-0.2, -0.15) is 0 Å². The molecule has 0 atom stereocenters. The fourth-order valence-electron chi connectivity index (χ4n) is 1.38. The third-order valence-electron chi connectivity index (χ3n) is 2.22. The summed E-state index contributed by atoms with van der Waals surface area (Å²) in [7, 11) is 0. The molecule has 0 spiro atoms. The van der Waals surface area contributed by atoms with Crippen molar-refractivity contribution >= 4 is 23.3 Å². The minimum atomic E-state index is -0.527. The number of ether oxygens (including phenoxy) is 1. The first kappa shape index (κ1) is 12.2. The molecule has 0 saturated heterocycles. The standard InChI is InChI=1S/C13H8NO3S/c15-14(16)12-3-1-2-4-13(12)17-11-7-5-10(9-18)6-8-11/h1-2,4-9H. The van der Waals surface area contributed by atoms with Gasteiger partial charge in [0.05, 0.1) is 11.0 Å². The predicted molar refractivity (Wildman–Crippen MR) is 71.2 cm³/mol. The summed E-state index contributed by atoms with van der Waals surface area (Å²) in [6.45, 7) is 0. The molecule has 0 aliphatic heterocycles. The number of nitro benzene ring substituents is 1. The highest BCUT2D eigenvalue weighted by molar-refractivity contribution is 7.79. The molecule has 5 heteroatoms. The fourth-order valence-corrected chi connectivity index (χ4v) is 1.54. The third-order valence-corrected chi connectivity index (χ3v) is 2.50. The lowest BCUT2D eigenvalue weighted by Crippen LogP contribution is -1.93. The highest BCUT2D eigenvalue weighted by atomic mass is 32.1. The number of thiocarbonyl (C=S) groups is 1. The highest BCUT2D eigenvalue weighted by Gasteiger charge is 2.14. The number of benzene rings is 2. The molecule has 0 heterocycles. The molecular weight excluding hydrogens is 250 g/mol. The van der Waals surface area contributed by atoms with Crippen LogP contribution in [0, 0.1) is 16.2 Å². The van der Waals surface area contributed by atoms with Gasteiger partial charge in [0.25, 0.3) is 0 Å². The first-order valence-corrected chi connectivity index (χ1v) is 5.56. The summed E-state index contributed by atoms with van der Waals surface area (Å²) in [6, 6.07) is 14.1. The number of rotatable bonds is 4. The Kier molecular flexibility index (Phi) is 3.64. The molecule has 89 valence electrons. The number of hydrogen-bond donors (Lipinski definition) is 0. The first-order valence-electron chi connectivity index (χ1n) is 5.09. The van der Waals surface area contributed by atoms with E-state index in [0.29, 0.717) is 5.75 Å². The molecule has 0 aliphatic rings. The molecule has 2 aromatic carbocycles. The lowest BCUT2D eigenvalue weighted by atomic mass is 10.2. The van der Waals surface area contributed by atoms with Gasteiger partial charge in [-0.1, -0.05) is 30.4 Å². The summed E-state index contributed by atoms with van der Waals surface area (Å²) in [5, 5.41) is 12.3. The Hall–Kier alpha value is -2.27. The largest absolute Gasteiger partial charge is 0.450 e. The van der Waals surface area contributed by atoms with Crippen molar-refractivity contribution in [1.29, 1.82) is 0 Å². The molecule has 0 aromatic heterocycles. The normalized spacial score (nSPS) is 9.78. The Morgan fingerprint density at radius 1 is 1.28 bits per heavy atom. The molecule has 2 aromatic rings. The van der Waals surface area contributed by atoms with Gasteiger partial charge in [0.2, 0.25) is 5.75 Å². The van der Waals surface area contributed by atoms with Gasteiger partial charge < -0.3 is 4.74 Å². The molecule has 0 fully saturated rings. The molecule has 18 heavy (non-hydrogen) atoms. The zero-order valence-corrected chi connectivity index (χ0v) is 10.0. The molecule has 2 rings (SSSR count). The van der Waals surface area contributed by atoms with Crippen LogP contribution in [0.2, 0.25) is 0 Å². The van der Waals surface area contributed by atoms with Crippen LogP contribution in [-0.4, -0.2) is 10.3 Å². The lowest BCUT2D eigenvalue weighted by molar-refractivity contribution is -0.386. The van der Waals surface area contributed by atoms with Gasteiger partial charge in [0.1, 0.15) is 5.75 Å². The van der Waals surface area contributed by atoms with Crippen molar-refractivity contribution < 1.29 is 9.66 Å². The van der Waals surface area contributed by atoms with Gasteiger partial charge in [-0.25, -0.2) is 0 Å². The Balaban J connectivity index is 2.28. The second kappa shape index (κ2) is 5.37. The van der Waals surface area contributed by atoms with Crippen LogP contribution in [0.25, 0.3) is 0 Å². The summed E-state index contributed by atoms with van der Waals surface area (Å²) in [4.78, 5) is 10.3. The van der Waals surface area contributed by atoms with Crippen molar-refractivity contribution in [3.05, 3.63) is 64.2 Å². The molecule has 0 aliphatic carbocycles. The maximum absolute atomic E-state index is 10.8. The molecule has 0 N–H and O–H groups in total. The zero-order valence-electron chi connectivity index (χ0n) is 9.20. The van der Waals surface area contributed by atoms with Crippen LogP contribution in [0.4, 0.5) is 5.69 Å². The van der Waals surface area contributed by atoms with E-state index in [2.05, 4.69) is 6.07 Å². The Morgan fingerprint density at radius 2 is 2.00 bits per heavy atom. The van der Waals surface area contributed by atoms with Crippen LogP contribution in [0.15, 0.2) is 42.5 Å². The van der Waals surface area contributed by atoms with Crippen molar-refractivity contribution in [2.24, 2.45) is 0 Å². The van der Waals surface area contributed by atoms with Crippen molar-refractivity contribution in [3.8, 4) is 11.5 Å². The Labute approximate surface area is 109 Å². The maximum atomic E-state index is 10.8. The van der Waals surface area contributed by atoms with Gasteiger partial charge in [-0.05, 0) is 29.8 Å². The SMILES string of the molecule is O=[N+]([O-])c1[c]cccc1Oc1ccc(C=S)cc1. The van der Waals surface area contributed by atoms with E-state index in [1.165, 1.54) is 12.1 Å². The van der Waals surface area contributed by atoms with Gasteiger partial charge in [-0.3, -0.25) is 10.1 Å². The molecule has 0 bridgehead atoms. The third kappa shape index (κ3) is 2.70. The lowest BCUT2D eigenvalue weighted by Gasteiger charge is -2.05. The van der Waals surface area contributed by atoms with Crippen LogP contribution in [0.3, 0.4) is 0 Å². The van der Waals surface area contributed by atoms with Crippen molar-refractivity contribution in [1.82, 2.24) is 0 Å². The number of hydrogen-bond acceptors (Lipinski definition) is 4. The molecular formula is C13H8NO3S. The van der Waals surface area contributed by atoms with Crippen LogP contribution < -0.4 is 4.74 Å². The zero-order chi connectivity index (χ0) is 13.0. The molecule has 4 nitrogen and oxygen atoms in total. The molecule has 1 radical (unpaired) electrons. The van der Waals surface area contributed by atoms with Gasteiger partial charge in [-0.15, -0.1) is 0 Å². The summed E-state index contributed by atoms with van der Waals surface area (Å²) in [5.41, 5.74) is 0.697. The van der Waals surface area contributed by atoms with Crippen molar-refractivity contribution in [2.75, 3.05) is 0 Å². The topological polar surface area (TPSA) is 52.4 Å². The van der Waals surface area contributed by atoms with Crippen LogP contribution >= 0.6 is 12.2 Å². The molecule has 0 amide bonds. The fraction of sp³-hybridized carbons (Fsp3) is 0. The highest BCUT2D eigenvalue weighted by Crippen LogP contribution is 2.30. The van der Waals surface area contributed by atoms with Crippen molar-refractivity contribution in [3.63, 3.8) is 0 Å². The van der Waals surface area contributed by atoms with E-state index in [-0.39, 0.29) is 11.4 Å². The van der Waals surface area contributed by atoms with Gasteiger partial charge in [0, 0.05) is 5.37 Å². The number of para-hydroxylation sites is 1. The van der Waals surface area contributed by atoms with Crippen molar-refractivity contribution in [2.45, 2.75) is 0 Å². The summed E-state index contributed by atoms with van der Waals surface area (Å²) < 4.78 is 5.45. The van der Waals surface area contributed by atoms with E-state index in [1.807, 2.05) is 0 Å². The Bertz CT molecular complexity index is 581.